The first kappa shape index (κ1) is 14.4. The van der Waals surface area contributed by atoms with E-state index >= 15 is 0 Å². The number of benzene rings is 1. The second-order valence-corrected chi connectivity index (χ2v) is 5.72. The minimum absolute atomic E-state index is 0.00371. The average Bonchev–Trinajstić information content (AvgIpc) is 2.48. The molecule has 1 amide bonds. The lowest BCUT2D eigenvalue weighted by Crippen LogP contribution is -2.51. The molecule has 0 atom stereocenters. The highest BCUT2D eigenvalue weighted by atomic mass is 79.9. The molecule has 0 radical (unpaired) electrons. The lowest BCUT2D eigenvalue weighted by Gasteiger charge is -2.36. The van der Waals surface area contributed by atoms with Crippen molar-refractivity contribution in [3.05, 3.63) is 29.8 Å². The maximum atomic E-state index is 12.3. The van der Waals surface area contributed by atoms with Crippen LogP contribution in [0.15, 0.2) is 24.3 Å². The zero-order valence-corrected chi connectivity index (χ0v) is 12.8. The predicted molar refractivity (Wildman–Crippen MR) is 80.1 cm³/mol. The van der Waals surface area contributed by atoms with E-state index in [1.54, 1.807) is 19.2 Å². The van der Waals surface area contributed by atoms with Gasteiger partial charge in [0.1, 0.15) is 5.75 Å². The van der Waals surface area contributed by atoms with Crippen LogP contribution < -0.4 is 10.1 Å². The zero-order chi connectivity index (χ0) is 13.7. The number of hydrogen-bond acceptors (Lipinski definition) is 2. The number of ether oxygens (including phenoxy) is 1. The Balaban J connectivity index is 2.06. The molecule has 0 aliphatic heterocycles. The van der Waals surface area contributed by atoms with Gasteiger partial charge in [-0.05, 0) is 37.1 Å². The molecule has 0 unspecified atom stereocenters. The Kier molecular flexibility index (Phi) is 4.86. The molecule has 4 heteroatoms. The van der Waals surface area contributed by atoms with E-state index < -0.39 is 0 Å². The molecule has 1 aromatic rings. The third kappa shape index (κ3) is 3.50. The molecule has 0 bridgehead atoms. The predicted octanol–water partition coefficient (Wildman–Crippen LogP) is 3.52. The molecule has 104 valence electrons. The van der Waals surface area contributed by atoms with Crippen molar-refractivity contribution in [2.45, 2.75) is 37.6 Å². The van der Waals surface area contributed by atoms with E-state index in [4.69, 9.17) is 4.74 Å². The molecule has 0 spiro atoms. The summed E-state index contributed by atoms with van der Waals surface area (Å²) in [6.07, 6.45) is 5.76. The maximum absolute atomic E-state index is 12.3. The summed E-state index contributed by atoms with van der Waals surface area (Å²) in [7, 11) is 1.62. The van der Waals surface area contributed by atoms with E-state index in [0.717, 1.165) is 23.9 Å². The SMILES string of the molecule is COc1ccc(C(=O)NC2(CBr)CCCCC2)cc1. The summed E-state index contributed by atoms with van der Waals surface area (Å²) in [6, 6.07) is 7.24. The number of carbonyl (C=O) groups excluding carboxylic acids is 1. The quantitative estimate of drug-likeness (QED) is 0.860. The van der Waals surface area contributed by atoms with Gasteiger partial charge in [-0.15, -0.1) is 0 Å². The Morgan fingerprint density at radius 2 is 1.89 bits per heavy atom. The fourth-order valence-electron chi connectivity index (χ4n) is 2.58. The van der Waals surface area contributed by atoms with Crippen LogP contribution in [-0.4, -0.2) is 23.9 Å². The Morgan fingerprint density at radius 3 is 2.42 bits per heavy atom. The van der Waals surface area contributed by atoms with E-state index in [9.17, 15) is 4.79 Å². The second kappa shape index (κ2) is 6.42. The van der Waals surface area contributed by atoms with E-state index in [1.165, 1.54) is 19.3 Å². The van der Waals surface area contributed by atoms with Gasteiger partial charge in [-0.3, -0.25) is 4.79 Å². The van der Waals surface area contributed by atoms with Gasteiger partial charge in [0.25, 0.3) is 5.91 Å². The highest BCUT2D eigenvalue weighted by molar-refractivity contribution is 9.09. The number of nitrogens with one attached hydrogen (secondary N) is 1. The van der Waals surface area contributed by atoms with Crippen LogP contribution in [0.2, 0.25) is 0 Å². The monoisotopic (exact) mass is 325 g/mol. The average molecular weight is 326 g/mol. The summed E-state index contributed by atoms with van der Waals surface area (Å²) in [5.74, 6) is 0.772. The smallest absolute Gasteiger partial charge is 0.251 e. The largest absolute Gasteiger partial charge is 0.497 e. The van der Waals surface area contributed by atoms with Crippen molar-refractivity contribution < 1.29 is 9.53 Å². The fourth-order valence-corrected chi connectivity index (χ4v) is 3.28. The molecule has 1 N–H and O–H groups in total. The van der Waals surface area contributed by atoms with Gasteiger partial charge in [0.05, 0.1) is 12.6 Å². The number of rotatable bonds is 4. The number of methoxy groups -OCH3 is 1. The molecular formula is C15H20BrNO2. The molecule has 1 aliphatic rings. The first-order chi connectivity index (χ1) is 9.19. The van der Waals surface area contributed by atoms with Crippen LogP contribution >= 0.6 is 15.9 Å². The first-order valence-electron chi connectivity index (χ1n) is 6.72. The van der Waals surface area contributed by atoms with Crippen LogP contribution in [0.4, 0.5) is 0 Å². The van der Waals surface area contributed by atoms with Gasteiger partial charge in [-0.1, -0.05) is 35.2 Å². The van der Waals surface area contributed by atoms with Gasteiger partial charge < -0.3 is 10.1 Å². The highest BCUT2D eigenvalue weighted by Crippen LogP contribution is 2.30. The standard InChI is InChI=1S/C15H20BrNO2/c1-19-13-7-5-12(6-8-13)14(18)17-15(11-16)9-3-2-4-10-15/h5-8H,2-4,9-11H2,1H3,(H,17,18). The van der Waals surface area contributed by atoms with Gasteiger partial charge in [-0.25, -0.2) is 0 Å². The fraction of sp³-hybridized carbons (Fsp3) is 0.533. The summed E-state index contributed by atoms with van der Waals surface area (Å²) in [5, 5.41) is 4.03. The molecule has 0 saturated heterocycles. The molecule has 1 aliphatic carbocycles. The number of halogens is 1. The Morgan fingerprint density at radius 1 is 1.26 bits per heavy atom. The molecule has 1 aromatic carbocycles. The van der Waals surface area contributed by atoms with E-state index in [1.807, 2.05) is 12.1 Å². The highest BCUT2D eigenvalue weighted by Gasteiger charge is 2.32. The third-order valence-electron chi connectivity index (χ3n) is 3.80. The molecule has 1 saturated carbocycles. The normalized spacial score (nSPS) is 17.8. The van der Waals surface area contributed by atoms with Crippen LogP contribution in [0.1, 0.15) is 42.5 Å². The van der Waals surface area contributed by atoms with Crippen molar-refractivity contribution in [3.63, 3.8) is 0 Å². The summed E-state index contributed by atoms with van der Waals surface area (Å²) in [4.78, 5) is 12.3. The van der Waals surface area contributed by atoms with Crippen LogP contribution in [-0.2, 0) is 0 Å². The molecule has 0 aromatic heterocycles. The van der Waals surface area contributed by atoms with Gasteiger partial charge in [-0.2, -0.15) is 0 Å². The van der Waals surface area contributed by atoms with Crippen LogP contribution in [0, 0.1) is 0 Å². The minimum atomic E-state index is -0.0741. The summed E-state index contributed by atoms with van der Waals surface area (Å²) < 4.78 is 5.10. The van der Waals surface area contributed by atoms with Crippen LogP contribution in [0.25, 0.3) is 0 Å². The van der Waals surface area contributed by atoms with Gasteiger partial charge in [0, 0.05) is 10.9 Å². The van der Waals surface area contributed by atoms with E-state index in [2.05, 4.69) is 21.2 Å². The zero-order valence-electron chi connectivity index (χ0n) is 11.2. The molecule has 2 rings (SSSR count). The van der Waals surface area contributed by atoms with Gasteiger partial charge in [0.15, 0.2) is 0 Å². The summed E-state index contributed by atoms with van der Waals surface area (Å²) >= 11 is 3.56. The topological polar surface area (TPSA) is 38.3 Å². The Hall–Kier alpha value is -1.03. The van der Waals surface area contributed by atoms with E-state index in [-0.39, 0.29) is 11.4 Å². The van der Waals surface area contributed by atoms with Crippen molar-refractivity contribution in [3.8, 4) is 5.75 Å². The van der Waals surface area contributed by atoms with Crippen molar-refractivity contribution in [2.75, 3.05) is 12.4 Å². The van der Waals surface area contributed by atoms with Crippen molar-refractivity contribution in [2.24, 2.45) is 0 Å². The van der Waals surface area contributed by atoms with Crippen LogP contribution in [0.5, 0.6) is 5.75 Å². The Bertz CT molecular complexity index is 424. The Labute approximate surface area is 122 Å². The minimum Gasteiger partial charge on any atom is -0.497 e. The van der Waals surface area contributed by atoms with Crippen molar-refractivity contribution in [1.29, 1.82) is 0 Å². The lowest BCUT2D eigenvalue weighted by molar-refractivity contribution is 0.0886. The van der Waals surface area contributed by atoms with Gasteiger partial charge in [0.2, 0.25) is 0 Å². The van der Waals surface area contributed by atoms with Crippen molar-refractivity contribution >= 4 is 21.8 Å². The number of amides is 1. The van der Waals surface area contributed by atoms with Crippen LogP contribution in [0.3, 0.4) is 0 Å². The molecule has 1 fully saturated rings. The number of hydrogen-bond donors (Lipinski definition) is 1. The lowest BCUT2D eigenvalue weighted by atomic mass is 9.83. The van der Waals surface area contributed by atoms with Crippen molar-refractivity contribution in [1.82, 2.24) is 5.32 Å². The molecule has 19 heavy (non-hydrogen) atoms. The second-order valence-electron chi connectivity index (χ2n) is 5.16. The molecule has 0 heterocycles. The number of carbonyl (C=O) groups is 1. The first-order valence-corrected chi connectivity index (χ1v) is 7.84. The molecular weight excluding hydrogens is 306 g/mol. The summed E-state index contributed by atoms with van der Waals surface area (Å²) in [5.41, 5.74) is 0.613. The van der Waals surface area contributed by atoms with E-state index in [0.29, 0.717) is 5.56 Å². The maximum Gasteiger partial charge on any atom is 0.251 e. The van der Waals surface area contributed by atoms with Gasteiger partial charge >= 0.3 is 0 Å². The third-order valence-corrected chi connectivity index (χ3v) is 4.87. The number of alkyl halides is 1. The summed E-state index contributed by atoms with van der Waals surface area (Å²) in [6.45, 7) is 0. The molecule has 3 nitrogen and oxygen atoms in total.